The minimum absolute atomic E-state index is 0. The van der Waals surface area contributed by atoms with Crippen LogP contribution in [-0.4, -0.2) is 60.1 Å². The first kappa shape index (κ1) is 23.8. The van der Waals surface area contributed by atoms with Gasteiger partial charge in [-0.2, -0.15) is 13.2 Å². The first-order chi connectivity index (χ1) is 10.2. The van der Waals surface area contributed by atoms with Gasteiger partial charge in [0.25, 0.3) is 0 Å². The molecule has 9 heteroatoms. The predicted octanol–water partition coefficient (Wildman–Crippen LogP) is 2.83. The van der Waals surface area contributed by atoms with Crippen LogP contribution in [0.5, 0.6) is 0 Å². The molecule has 0 radical (unpaired) electrons. The summed E-state index contributed by atoms with van der Waals surface area (Å²) < 4.78 is 37.4. The highest BCUT2D eigenvalue weighted by Crippen LogP contribution is 2.33. The van der Waals surface area contributed by atoms with E-state index in [0.717, 1.165) is 25.7 Å². The number of carbonyl (C=O) groups is 1. The van der Waals surface area contributed by atoms with E-state index < -0.39 is 18.3 Å². The van der Waals surface area contributed by atoms with Crippen LogP contribution in [0.2, 0.25) is 0 Å². The second kappa shape index (κ2) is 9.46. The zero-order valence-corrected chi connectivity index (χ0v) is 15.6. The quantitative estimate of drug-likeness (QED) is 0.784. The van der Waals surface area contributed by atoms with Crippen LogP contribution in [0.3, 0.4) is 0 Å². The summed E-state index contributed by atoms with van der Waals surface area (Å²) in [5.41, 5.74) is 5.78. The number of alkyl halides is 3. The van der Waals surface area contributed by atoms with Crippen LogP contribution in [0.4, 0.5) is 13.2 Å². The van der Waals surface area contributed by atoms with Gasteiger partial charge in [-0.3, -0.25) is 9.69 Å². The summed E-state index contributed by atoms with van der Waals surface area (Å²) in [5.74, 6) is -0.172. The highest BCUT2D eigenvalue weighted by molar-refractivity contribution is 5.85. The molecule has 1 aliphatic heterocycles. The van der Waals surface area contributed by atoms with Crippen molar-refractivity contribution in [1.29, 1.82) is 0 Å². The molecule has 2 rings (SSSR count). The molecule has 0 bridgehead atoms. The summed E-state index contributed by atoms with van der Waals surface area (Å²) in [6.07, 6.45) is 0.0492. The molecule has 2 fully saturated rings. The average molecular weight is 394 g/mol. The summed E-state index contributed by atoms with van der Waals surface area (Å²) >= 11 is 0. The normalized spacial score (nSPS) is 29.2. The fourth-order valence-electron chi connectivity index (χ4n) is 3.59. The fraction of sp³-hybridized carbons (Fsp3) is 0.933. The second-order valence-electron chi connectivity index (χ2n) is 6.87. The summed E-state index contributed by atoms with van der Waals surface area (Å²) in [5, 5.41) is 0. The van der Waals surface area contributed by atoms with Crippen LogP contribution in [0.1, 0.15) is 39.0 Å². The van der Waals surface area contributed by atoms with Crippen molar-refractivity contribution in [3.63, 3.8) is 0 Å². The molecule has 1 heterocycles. The van der Waals surface area contributed by atoms with E-state index >= 15 is 0 Å². The van der Waals surface area contributed by atoms with Crippen LogP contribution in [-0.2, 0) is 4.79 Å². The number of halogens is 5. The number of nitrogens with two attached hydrogens (primary N) is 1. The Kier molecular flexibility index (Phi) is 9.36. The molecule has 2 unspecified atom stereocenters. The molecule has 1 aliphatic carbocycles. The van der Waals surface area contributed by atoms with Gasteiger partial charge in [-0.05, 0) is 26.2 Å². The lowest BCUT2D eigenvalue weighted by molar-refractivity contribution is -0.145. The molecule has 0 spiro atoms. The Morgan fingerprint density at radius 3 is 2.38 bits per heavy atom. The van der Waals surface area contributed by atoms with Crippen LogP contribution in [0, 0.1) is 5.92 Å². The number of rotatable bonds is 2. The number of nitrogens with zero attached hydrogens (tertiary/aromatic N) is 2. The molecular formula is C15H28Cl2F3N3O. The fourth-order valence-corrected chi connectivity index (χ4v) is 3.59. The zero-order valence-electron chi connectivity index (χ0n) is 14.0. The van der Waals surface area contributed by atoms with Crippen molar-refractivity contribution < 1.29 is 18.0 Å². The lowest BCUT2D eigenvalue weighted by Crippen LogP contribution is -2.54. The Morgan fingerprint density at radius 1 is 1.12 bits per heavy atom. The van der Waals surface area contributed by atoms with E-state index in [1.54, 1.807) is 4.90 Å². The van der Waals surface area contributed by atoms with Crippen LogP contribution >= 0.6 is 24.8 Å². The molecule has 2 atom stereocenters. The molecule has 0 aromatic rings. The molecule has 0 aromatic heterocycles. The van der Waals surface area contributed by atoms with Crippen molar-refractivity contribution in [1.82, 2.24) is 9.80 Å². The van der Waals surface area contributed by atoms with Gasteiger partial charge in [-0.15, -0.1) is 24.8 Å². The largest absolute Gasteiger partial charge is 0.401 e. The minimum atomic E-state index is -4.18. The maximum absolute atomic E-state index is 12.7. The Balaban J connectivity index is 0.00000264. The first-order valence-electron chi connectivity index (χ1n) is 8.06. The van der Waals surface area contributed by atoms with Gasteiger partial charge in [0, 0.05) is 31.7 Å². The SMILES string of the molecule is CC1(N)CCCCC1C(=O)N1CCCN(CC(F)(F)F)CC1.Cl.Cl. The summed E-state index contributed by atoms with van der Waals surface area (Å²) in [6.45, 7) is 2.57. The third kappa shape index (κ3) is 6.58. The number of hydrogen-bond acceptors (Lipinski definition) is 3. The smallest absolute Gasteiger partial charge is 0.341 e. The Bertz CT molecular complexity index is 408. The van der Waals surface area contributed by atoms with E-state index in [1.807, 2.05) is 6.92 Å². The molecule has 1 saturated heterocycles. The molecule has 2 aliphatic rings. The van der Waals surface area contributed by atoms with Crippen molar-refractivity contribution in [2.45, 2.75) is 50.7 Å². The van der Waals surface area contributed by atoms with Gasteiger partial charge in [-0.25, -0.2) is 0 Å². The van der Waals surface area contributed by atoms with E-state index in [0.29, 0.717) is 26.1 Å². The highest BCUT2D eigenvalue weighted by Gasteiger charge is 2.40. The van der Waals surface area contributed by atoms with E-state index in [2.05, 4.69) is 0 Å². The molecular weight excluding hydrogens is 366 g/mol. The van der Waals surface area contributed by atoms with Gasteiger partial charge in [0.1, 0.15) is 0 Å². The van der Waals surface area contributed by atoms with Gasteiger partial charge < -0.3 is 10.6 Å². The maximum Gasteiger partial charge on any atom is 0.401 e. The van der Waals surface area contributed by atoms with Crippen LogP contribution in [0.25, 0.3) is 0 Å². The second-order valence-corrected chi connectivity index (χ2v) is 6.87. The minimum Gasteiger partial charge on any atom is -0.341 e. The first-order valence-corrected chi connectivity index (χ1v) is 8.06. The molecule has 0 aromatic carbocycles. The number of hydrogen-bond donors (Lipinski definition) is 1. The van der Waals surface area contributed by atoms with Gasteiger partial charge in [0.2, 0.25) is 5.91 Å². The van der Waals surface area contributed by atoms with Gasteiger partial charge in [0.05, 0.1) is 12.5 Å². The summed E-state index contributed by atoms with van der Waals surface area (Å²) in [6, 6.07) is 0. The third-order valence-corrected chi connectivity index (χ3v) is 4.86. The summed E-state index contributed by atoms with van der Waals surface area (Å²) in [7, 11) is 0. The zero-order chi connectivity index (χ0) is 16.4. The third-order valence-electron chi connectivity index (χ3n) is 4.86. The van der Waals surface area contributed by atoms with Crippen molar-refractivity contribution >= 4 is 30.7 Å². The molecule has 1 amide bonds. The van der Waals surface area contributed by atoms with Gasteiger partial charge >= 0.3 is 6.18 Å². The number of carbonyl (C=O) groups excluding carboxylic acids is 1. The lowest BCUT2D eigenvalue weighted by Gasteiger charge is -2.39. The van der Waals surface area contributed by atoms with Crippen LogP contribution in [0.15, 0.2) is 0 Å². The van der Waals surface area contributed by atoms with Crippen molar-refractivity contribution in [3.8, 4) is 0 Å². The van der Waals surface area contributed by atoms with Crippen molar-refractivity contribution in [2.24, 2.45) is 11.7 Å². The van der Waals surface area contributed by atoms with E-state index in [-0.39, 0.29) is 43.2 Å². The molecule has 144 valence electrons. The topological polar surface area (TPSA) is 49.6 Å². The number of amides is 1. The molecule has 2 N–H and O–H groups in total. The molecule has 4 nitrogen and oxygen atoms in total. The van der Waals surface area contributed by atoms with Crippen molar-refractivity contribution in [2.75, 3.05) is 32.7 Å². The van der Waals surface area contributed by atoms with E-state index in [9.17, 15) is 18.0 Å². The van der Waals surface area contributed by atoms with Gasteiger partial charge in [-0.1, -0.05) is 12.8 Å². The maximum atomic E-state index is 12.7. The predicted molar refractivity (Wildman–Crippen MR) is 92.7 cm³/mol. The van der Waals surface area contributed by atoms with E-state index in [1.165, 1.54) is 4.90 Å². The Labute approximate surface area is 154 Å². The molecule has 24 heavy (non-hydrogen) atoms. The summed E-state index contributed by atoms with van der Waals surface area (Å²) in [4.78, 5) is 15.8. The van der Waals surface area contributed by atoms with Crippen molar-refractivity contribution in [3.05, 3.63) is 0 Å². The van der Waals surface area contributed by atoms with E-state index in [4.69, 9.17) is 5.73 Å². The highest BCUT2D eigenvalue weighted by atomic mass is 35.5. The standard InChI is InChI=1S/C15H26F3N3O.2ClH/c1-14(19)6-3-2-5-12(14)13(22)21-8-4-7-20(9-10-21)11-15(16,17)18;;/h12H,2-11,19H2,1H3;2*1H. The van der Waals surface area contributed by atoms with Crippen LogP contribution < -0.4 is 5.73 Å². The lowest BCUT2D eigenvalue weighted by atomic mass is 9.74. The Hall–Kier alpha value is -0.240. The van der Waals surface area contributed by atoms with Gasteiger partial charge in [0.15, 0.2) is 0 Å². The molecule has 1 saturated carbocycles. The Morgan fingerprint density at radius 2 is 1.79 bits per heavy atom. The monoisotopic (exact) mass is 393 g/mol. The average Bonchev–Trinajstić information content (AvgIpc) is 2.61.